The van der Waals surface area contributed by atoms with Crippen molar-refractivity contribution in [1.82, 2.24) is 14.9 Å². The van der Waals surface area contributed by atoms with Crippen LogP contribution >= 0.6 is 0 Å². The SMILES string of the molecule is COc1ccc(C2CCCCCN2C(=O)CCc2nc3ccccc3c(=O)[nH]2)cc1. The number of aromatic amines is 1. The molecule has 6 nitrogen and oxygen atoms in total. The predicted octanol–water partition coefficient (Wildman–Crippen LogP) is 4.01. The van der Waals surface area contributed by atoms with Crippen LogP contribution in [0, 0.1) is 0 Å². The van der Waals surface area contributed by atoms with Gasteiger partial charge in [0.15, 0.2) is 0 Å². The first kappa shape index (κ1) is 20.1. The molecule has 0 saturated carbocycles. The minimum Gasteiger partial charge on any atom is -0.497 e. The number of rotatable bonds is 5. The van der Waals surface area contributed by atoms with Crippen molar-refractivity contribution in [2.24, 2.45) is 0 Å². The van der Waals surface area contributed by atoms with Crippen molar-refractivity contribution >= 4 is 16.8 Å². The van der Waals surface area contributed by atoms with Crippen molar-refractivity contribution < 1.29 is 9.53 Å². The summed E-state index contributed by atoms with van der Waals surface area (Å²) in [6.45, 7) is 0.761. The zero-order chi connectivity index (χ0) is 20.9. The summed E-state index contributed by atoms with van der Waals surface area (Å²) in [6.07, 6.45) is 4.97. The number of aromatic nitrogens is 2. The van der Waals surface area contributed by atoms with E-state index in [2.05, 4.69) is 22.1 Å². The summed E-state index contributed by atoms with van der Waals surface area (Å²) in [7, 11) is 1.65. The number of ether oxygens (including phenoxy) is 1. The smallest absolute Gasteiger partial charge is 0.258 e. The third-order valence-electron chi connectivity index (χ3n) is 5.81. The van der Waals surface area contributed by atoms with Gasteiger partial charge >= 0.3 is 0 Å². The Balaban J connectivity index is 1.50. The van der Waals surface area contributed by atoms with Gasteiger partial charge < -0.3 is 14.6 Å². The highest BCUT2D eigenvalue weighted by Gasteiger charge is 2.26. The number of aryl methyl sites for hydroxylation is 1. The monoisotopic (exact) mass is 405 g/mol. The lowest BCUT2D eigenvalue weighted by Crippen LogP contribution is -2.35. The topological polar surface area (TPSA) is 75.3 Å². The molecule has 2 heterocycles. The average molecular weight is 405 g/mol. The summed E-state index contributed by atoms with van der Waals surface area (Å²) in [4.78, 5) is 34.8. The van der Waals surface area contributed by atoms with Crippen molar-refractivity contribution in [3.8, 4) is 5.75 Å². The minimum absolute atomic E-state index is 0.0783. The largest absolute Gasteiger partial charge is 0.497 e. The second kappa shape index (κ2) is 9.11. The number of fused-ring (bicyclic) bond motifs is 1. The molecule has 0 spiro atoms. The van der Waals surface area contributed by atoms with E-state index in [0.29, 0.717) is 29.6 Å². The second-order valence-electron chi connectivity index (χ2n) is 7.76. The van der Waals surface area contributed by atoms with Gasteiger partial charge in [-0.1, -0.05) is 37.1 Å². The number of nitrogens with zero attached hydrogens (tertiary/aromatic N) is 2. The Morgan fingerprint density at radius 2 is 1.93 bits per heavy atom. The fourth-order valence-corrected chi connectivity index (χ4v) is 4.20. The number of carbonyl (C=O) groups excluding carboxylic acids is 1. The molecule has 1 aromatic heterocycles. The van der Waals surface area contributed by atoms with E-state index in [9.17, 15) is 9.59 Å². The van der Waals surface area contributed by atoms with Crippen LogP contribution in [0.3, 0.4) is 0 Å². The Bertz CT molecular complexity index is 1070. The van der Waals surface area contributed by atoms with Crippen molar-refractivity contribution in [1.29, 1.82) is 0 Å². The summed E-state index contributed by atoms with van der Waals surface area (Å²) in [5.41, 5.74) is 1.65. The minimum atomic E-state index is -0.158. The van der Waals surface area contributed by atoms with Crippen LogP contribution in [-0.2, 0) is 11.2 Å². The third-order valence-corrected chi connectivity index (χ3v) is 5.81. The highest BCUT2D eigenvalue weighted by atomic mass is 16.5. The van der Waals surface area contributed by atoms with Crippen molar-refractivity contribution in [3.05, 3.63) is 70.3 Å². The summed E-state index contributed by atoms with van der Waals surface area (Å²) < 4.78 is 5.27. The van der Waals surface area contributed by atoms with E-state index in [4.69, 9.17) is 4.74 Å². The molecule has 1 unspecified atom stereocenters. The molecule has 4 rings (SSSR count). The standard InChI is InChI=1S/C24H27N3O3/c1-30-18-12-10-17(11-13-18)21-9-3-2-6-16-27(21)23(28)15-14-22-25-20-8-5-4-7-19(20)24(29)26-22/h4-5,7-8,10-13,21H,2-3,6,9,14-16H2,1H3,(H,25,26,29). The number of carbonyl (C=O) groups is 1. The Hall–Kier alpha value is -3.15. The summed E-state index contributed by atoms with van der Waals surface area (Å²) >= 11 is 0. The lowest BCUT2D eigenvalue weighted by Gasteiger charge is -2.30. The molecule has 1 fully saturated rings. The van der Waals surface area contributed by atoms with Gasteiger partial charge in [-0.3, -0.25) is 9.59 Å². The molecule has 1 atom stereocenters. The molecule has 156 valence electrons. The molecule has 6 heteroatoms. The molecular formula is C24H27N3O3. The van der Waals surface area contributed by atoms with Gasteiger partial charge in [0.05, 0.1) is 24.1 Å². The van der Waals surface area contributed by atoms with Gasteiger partial charge in [0, 0.05) is 19.4 Å². The molecule has 1 amide bonds. The van der Waals surface area contributed by atoms with E-state index in [-0.39, 0.29) is 17.5 Å². The van der Waals surface area contributed by atoms with Crippen molar-refractivity contribution in [2.45, 2.75) is 44.6 Å². The number of methoxy groups -OCH3 is 1. The van der Waals surface area contributed by atoms with Gasteiger partial charge in [-0.05, 0) is 42.7 Å². The van der Waals surface area contributed by atoms with Crippen LogP contribution in [0.15, 0.2) is 53.3 Å². The van der Waals surface area contributed by atoms with Crippen LogP contribution in [-0.4, -0.2) is 34.4 Å². The maximum absolute atomic E-state index is 13.2. The van der Waals surface area contributed by atoms with Crippen LogP contribution in [0.2, 0.25) is 0 Å². The van der Waals surface area contributed by atoms with Gasteiger partial charge in [0.25, 0.3) is 5.56 Å². The van der Waals surface area contributed by atoms with Crippen LogP contribution in [0.1, 0.15) is 49.5 Å². The van der Waals surface area contributed by atoms with E-state index in [1.807, 2.05) is 35.2 Å². The number of hydrogen-bond acceptors (Lipinski definition) is 4. The lowest BCUT2D eigenvalue weighted by molar-refractivity contribution is -0.133. The third kappa shape index (κ3) is 4.37. The Morgan fingerprint density at radius 3 is 2.73 bits per heavy atom. The number of H-pyrrole nitrogens is 1. The van der Waals surface area contributed by atoms with E-state index < -0.39 is 0 Å². The number of benzene rings is 2. The summed E-state index contributed by atoms with van der Waals surface area (Å²) in [5, 5.41) is 0.569. The summed E-state index contributed by atoms with van der Waals surface area (Å²) in [6, 6.07) is 15.3. The van der Waals surface area contributed by atoms with Gasteiger partial charge in [0.2, 0.25) is 5.91 Å². The highest BCUT2D eigenvalue weighted by Crippen LogP contribution is 2.31. The van der Waals surface area contributed by atoms with Crippen LogP contribution < -0.4 is 10.3 Å². The first-order valence-electron chi connectivity index (χ1n) is 10.6. The summed E-state index contributed by atoms with van der Waals surface area (Å²) in [5.74, 6) is 1.48. The predicted molar refractivity (Wildman–Crippen MR) is 117 cm³/mol. The van der Waals surface area contributed by atoms with Crippen LogP contribution in [0.4, 0.5) is 0 Å². The zero-order valence-electron chi connectivity index (χ0n) is 17.3. The fraction of sp³-hybridized carbons (Fsp3) is 0.375. The lowest BCUT2D eigenvalue weighted by atomic mass is 10.00. The van der Waals surface area contributed by atoms with Crippen molar-refractivity contribution in [2.75, 3.05) is 13.7 Å². The zero-order valence-corrected chi connectivity index (χ0v) is 17.3. The van der Waals surface area contributed by atoms with Gasteiger partial charge in [0.1, 0.15) is 11.6 Å². The van der Waals surface area contributed by atoms with E-state index in [1.165, 1.54) is 0 Å². The number of nitrogens with one attached hydrogen (secondary N) is 1. The molecule has 0 bridgehead atoms. The molecular weight excluding hydrogens is 378 g/mol. The van der Waals surface area contributed by atoms with E-state index in [0.717, 1.165) is 43.5 Å². The van der Waals surface area contributed by atoms with Gasteiger partial charge in [-0.2, -0.15) is 0 Å². The molecule has 2 aromatic carbocycles. The number of hydrogen-bond donors (Lipinski definition) is 1. The molecule has 1 aliphatic rings. The molecule has 1 N–H and O–H groups in total. The number of likely N-dealkylation sites (tertiary alicyclic amines) is 1. The molecule has 3 aromatic rings. The molecule has 0 radical (unpaired) electrons. The normalized spacial score (nSPS) is 17.0. The van der Waals surface area contributed by atoms with Crippen molar-refractivity contribution in [3.63, 3.8) is 0 Å². The Labute approximate surface area is 175 Å². The molecule has 30 heavy (non-hydrogen) atoms. The number of para-hydroxylation sites is 1. The average Bonchev–Trinajstić information content (AvgIpc) is 3.04. The quantitative estimate of drug-likeness (QED) is 0.696. The first-order chi connectivity index (χ1) is 14.7. The Kier molecular flexibility index (Phi) is 6.12. The molecule has 1 saturated heterocycles. The second-order valence-corrected chi connectivity index (χ2v) is 7.76. The van der Waals surface area contributed by atoms with Crippen LogP contribution in [0.5, 0.6) is 5.75 Å². The molecule has 1 aliphatic heterocycles. The number of amides is 1. The fourth-order valence-electron chi connectivity index (χ4n) is 4.20. The molecule has 0 aliphatic carbocycles. The van der Waals surface area contributed by atoms with Gasteiger partial charge in [-0.15, -0.1) is 0 Å². The Morgan fingerprint density at radius 1 is 1.13 bits per heavy atom. The maximum atomic E-state index is 13.2. The van der Waals surface area contributed by atoms with E-state index in [1.54, 1.807) is 13.2 Å². The first-order valence-corrected chi connectivity index (χ1v) is 10.6. The van der Waals surface area contributed by atoms with E-state index >= 15 is 0 Å². The maximum Gasteiger partial charge on any atom is 0.258 e. The van der Waals surface area contributed by atoms with Crippen LogP contribution in [0.25, 0.3) is 10.9 Å². The highest BCUT2D eigenvalue weighted by molar-refractivity contribution is 5.78. The van der Waals surface area contributed by atoms with Gasteiger partial charge in [-0.25, -0.2) is 4.98 Å².